The van der Waals surface area contributed by atoms with Gasteiger partial charge < -0.3 is 15.2 Å². The second-order valence-corrected chi connectivity index (χ2v) is 11.3. The number of carbonyl (C=O) groups is 1. The van der Waals surface area contributed by atoms with Gasteiger partial charge in [0.05, 0.1) is 16.7 Å². The summed E-state index contributed by atoms with van der Waals surface area (Å²) in [7, 11) is -4.71. The molecule has 3 N–H and O–H groups in total. The van der Waals surface area contributed by atoms with E-state index in [-0.39, 0.29) is 34.0 Å². The van der Waals surface area contributed by atoms with Crippen LogP contribution in [-0.2, 0) is 14.5 Å². The number of aromatic nitrogens is 4. The Hall–Kier alpha value is -2.44. The van der Waals surface area contributed by atoms with Crippen LogP contribution in [0.5, 0.6) is 0 Å². The maximum atomic E-state index is 13.6. The first-order valence-corrected chi connectivity index (χ1v) is 12.2. The van der Waals surface area contributed by atoms with Crippen LogP contribution < -0.4 is 16.8 Å². The van der Waals surface area contributed by atoms with Crippen LogP contribution in [0.3, 0.4) is 0 Å². The molecular weight excluding hydrogens is 628 g/mol. The van der Waals surface area contributed by atoms with E-state index in [1.165, 1.54) is 12.1 Å². The highest BCUT2D eigenvalue weighted by molar-refractivity contribution is 9.10. The number of alkyl halides is 3. The highest BCUT2D eigenvalue weighted by Crippen LogP contribution is 2.29. The number of halogens is 5. The van der Waals surface area contributed by atoms with Gasteiger partial charge in [0.2, 0.25) is 15.4 Å². The van der Waals surface area contributed by atoms with Gasteiger partial charge in [-0.25, -0.2) is 23.2 Å². The van der Waals surface area contributed by atoms with Crippen LogP contribution in [0.2, 0.25) is 0 Å². The highest BCUT2D eigenvalue weighted by Gasteiger charge is 2.34. The standard InChI is InChI=1S/C15H12BrCl3FN7O7S/c16-8-5-7(1-2-9(8)20)27-12(25-32-14(27)29)10-11(24-34-23-10)22-3-4-26(6-15(17,18)19)35(30,31)33-13(21)28/h1-2,5H,3-4,6H2,(H2,21,28)(H,22,24). The van der Waals surface area contributed by atoms with Crippen LogP contribution in [0.15, 0.2) is 36.6 Å². The summed E-state index contributed by atoms with van der Waals surface area (Å²) in [6.07, 6.45) is -1.59. The van der Waals surface area contributed by atoms with E-state index in [0.29, 0.717) is 4.31 Å². The molecule has 2 heterocycles. The van der Waals surface area contributed by atoms with Crippen LogP contribution >= 0.6 is 50.7 Å². The summed E-state index contributed by atoms with van der Waals surface area (Å²) in [6.45, 7) is -1.32. The van der Waals surface area contributed by atoms with Gasteiger partial charge in [0.15, 0.2) is 5.69 Å². The van der Waals surface area contributed by atoms with Gasteiger partial charge in [-0.3, -0.25) is 4.52 Å². The lowest BCUT2D eigenvalue weighted by Crippen LogP contribution is -2.42. The van der Waals surface area contributed by atoms with Crippen molar-refractivity contribution < 1.29 is 30.9 Å². The van der Waals surface area contributed by atoms with Gasteiger partial charge in [0.1, 0.15) is 5.82 Å². The van der Waals surface area contributed by atoms with Crippen molar-refractivity contribution in [2.75, 3.05) is 25.0 Å². The summed E-state index contributed by atoms with van der Waals surface area (Å²) in [5, 5.41) is 13.7. The number of amides is 1. The van der Waals surface area contributed by atoms with Gasteiger partial charge in [0, 0.05) is 13.1 Å². The molecule has 0 aliphatic rings. The van der Waals surface area contributed by atoms with Crippen LogP contribution in [-0.4, -0.2) is 62.3 Å². The molecular formula is C15H12BrCl3FN7O7S. The summed E-state index contributed by atoms with van der Waals surface area (Å²) in [5.74, 6) is -1.74. The van der Waals surface area contributed by atoms with Gasteiger partial charge in [0.25, 0.3) is 0 Å². The minimum atomic E-state index is -4.71. The third-order valence-electron chi connectivity index (χ3n) is 3.98. The number of nitrogens with one attached hydrogen (secondary N) is 1. The monoisotopic (exact) mass is 637 g/mol. The first kappa shape index (κ1) is 27.2. The minimum absolute atomic E-state index is 0.0686. The van der Waals surface area contributed by atoms with E-state index in [4.69, 9.17) is 49.7 Å². The normalized spacial score (nSPS) is 12.2. The van der Waals surface area contributed by atoms with Crippen LogP contribution in [0, 0.1) is 5.82 Å². The van der Waals surface area contributed by atoms with E-state index >= 15 is 0 Å². The SMILES string of the molecule is NC(=O)OS(=O)(=O)N(CCNc1nonc1-c1noc(=O)n1-c1ccc(F)c(Br)c1)CC(Cl)(Cl)Cl. The van der Waals surface area contributed by atoms with E-state index in [1.54, 1.807) is 0 Å². The zero-order chi connectivity index (χ0) is 26.0. The third-order valence-corrected chi connectivity index (χ3v) is 6.26. The second-order valence-electron chi connectivity index (χ2n) is 6.40. The molecule has 3 aromatic rings. The Bertz CT molecular complexity index is 1390. The topological polar surface area (TPSA) is 189 Å². The van der Waals surface area contributed by atoms with Crippen molar-refractivity contribution in [2.45, 2.75) is 3.79 Å². The fourth-order valence-corrected chi connectivity index (χ4v) is 4.62. The quantitative estimate of drug-likeness (QED) is 0.327. The van der Waals surface area contributed by atoms with E-state index in [0.717, 1.165) is 10.6 Å². The fraction of sp³-hybridized carbons (Fsp3) is 0.267. The van der Waals surface area contributed by atoms with Gasteiger partial charge in [-0.15, -0.1) is 0 Å². The van der Waals surface area contributed by atoms with Crippen molar-refractivity contribution >= 4 is 72.9 Å². The average Bonchev–Trinajstić information content (AvgIpc) is 3.33. The zero-order valence-corrected chi connectivity index (χ0v) is 21.5. The largest absolute Gasteiger partial charge is 0.446 e. The summed E-state index contributed by atoms with van der Waals surface area (Å²) in [5.41, 5.74) is 4.84. The van der Waals surface area contributed by atoms with Crippen molar-refractivity contribution in [3.8, 4) is 17.2 Å². The first-order valence-electron chi connectivity index (χ1n) is 8.95. The number of anilines is 1. The molecule has 0 fully saturated rings. The fourth-order valence-electron chi connectivity index (χ4n) is 2.63. The third kappa shape index (κ3) is 6.83. The molecule has 0 unspecified atom stereocenters. The van der Waals surface area contributed by atoms with Gasteiger partial charge in [-0.1, -0.05) is 40.0 Å². The summed E-state index contributed by atoms with van der Waals surface area (Å²) < 4.78 is 51.1. The molecule has 0 saturated heterocycles. The van der Waals surface area contributed by atoms with Crippen molar-refractivity contribution in [3.63, 3.8) is 0 Å². The number of benzene rings is 1. The molecule has 2 aromatic heterocycles. The van der Waals surface area contributed by atoms with Crippen LogP contribution in [0.4, 0.5) is 15.0 Å². The summed E-state index contributed by atoms with van der Waals surface area (Å²) in [6, 6.07) is 3.70. The van der Waals surface area contributed by atoms with Crippen LogP contribution in [0.1, 0.15) is 0 Å². The first-order chi connectivity index (χ1) is 16.3. The van der Waals surface area contributed by atoms with Crippen molar-refractivity contribution in [3.05, 3.63) is 39.0 Å². The molecule has 0 spiro atoms. The highest BCUT2D eigenvalue weighted by atomic mass is 79.9. The van der Waals surface area contributed by atoms with Crippen molar-refractivity contribution in [1.82, 2.24) is 24.3 Å². The molecule has 0 saturated carbocycles. The summed E-state index contributed by atoms with van der Waals surface area (Å²) in [4.78, 5) is 23.2. The molecule has 190 valence electrons. The average molecular weight is 640 g/mol. The molecule has 1 aromatic carbocycles. The van der Waals surface area contributed by atoms with E-state index in [2.05, 4.69) is 40.9 Å². The lowest BCUT2D eigenvalue weighted by Gasteiger charge is -2.23. The number of nitrogens with zero attached hydrogens (tertiary/aromatic N) is 5. The molecule has 0 radical (unpaired) electrons. The number of hydrogen-bond donors (Lipinski definition) is 2. The van der Waals surface area contributed by atoms with Crippen LogP contribution in [0.25, 0.3) is 17.2 Å². The molecule has 20 heteroatoms. The molecule has 0 aliphatic carbocycles. The van der Waals surface area contributed by atoms with Gasteiger partial charge >= 0.3 is 22.2 Å². The van der Waals surface area contributed by atoms with E-state index in [1.807, 2.05) is 0 Å². The number of rotatable bonds is 9. The molecule has 0 bridgehead atoms. The maximum absolute atomic E-state index is 13.6. The number of hydrogen-bond acceptors (Lipinski definition) is 11. The predicted molar refractivity (Wildman–Crippen MR) is 123 cm³/mol. The molecule has 14 nitrogen and oxygen atoms in total. The van der Waals surface area contributed by atoms with Crippen molar-refractivity contribution in [2.24, 2.45) is 5.73 Å². The van der Waals surface area contributed by atoms with Gasteiger partial charge in [-0.2, -0.15) is 12.7 Å². The minimum Gasteiger partial charge on any atom is -0.364 e. The second kappa shape index (κ2) is 10.7. The Balaban J connectivity index is 1.84. The lowest BCUT2D eigenvalue weighted by molar-refractivity contribution is 0.206. The van der Waals surface area contributed by atoms with E-state index in [9.17, 15) is 22.4 Å². The molecule has 3 rings (SSSR count). The maximum Gasteiger partial charge on any atom is 0.446 e. The summed E-state index contributed by atoms with van der Waals surface area (Å²) >= 11 is 20.0. The van der Waals surface area contributed by atoms with Crippen molar-refractivity contribution in [1.29, 1.82) is 0 Å². The molecule has 1 amide bonds. The predicted octanol–water partition coefficient (Wildman–Crippen LogP) is 2.20. The lowest BCUT2D eigenvalue weighted by atomic mass is 10.3. The Morgan fingerprint density at radius 1 is 1.31 bits per heavy atom. The Labute approximate surface area is 218 Å². The Morgan fingerprint density at radius 2 is 2.03 bits per heavy atom. The molecule has 35 heavy (non-hydrogen) atoms. The number of primary amides is 1. The molecule has 0 atom stereocenters. The Morgan fingerprint density at radius 3 is 2.66 bits per heavy atom. The zero-order valence-electron chi connectivity index (χ0n) is 16.8. The Kier molecular flexibility index (Phi) is 8.28. The number of carbonyl (C=O) groups excluding carboxylic acids is 1. The van der Waals surface area contributed by atoms with E-state index < -0.39 is 44.9 Å². The van der Waals surface area contributed by atoms with Gasteiger partial charge in [-0.05, 0) is 44.4 Å². The number of nitrogens with two attached hydrogens (primary N) is 1. The smallest absolute Gasteiger partial charge is 0.364 e. The molecule has 0 aliphatic heterocycles.